The van der Waals surface area contributed by atoms with Crippen LogP contribution in [0.5, 0.6) is 0 Å². The van der Waals surface area contributed by atoms with E-state index in [0.29, 0.717) is 21.9 Å². The van der Waals surface area contributed by atoms with Crippen LogP contribution in [0.4, 0.5) is 15.2 Å². The van der Waals surface area contributed by atoms with Gasteiger partial charge in [-0.25, -0.2) is 9.37 Å². The summed E-state index contributed by atoms with van der Waals surface area (Å²) in [5, 5.41) is 6.04. The van der Waals surface area contributed by atoms with Crippen LogP contribution in [0.15, 0.2) is 42.5 Å². The lowest BCUT2D eigenvalue weighted by molar-refractivity contribution is -0.120. The fraction of sp³-hybridized carbons (Fsp3) is 0.286. The maximum atomic E-state index is 13.3. The van der Waals surface area contributed by atoms with Gasteiger partial charge < -0.3 is 10.6 Å². The van der Waals surface area contributed by atoms with E-state index < -0.39 is 0 Å². The van der Waals surface area contributed by atoms with E-state index in [1.807, 2.05) is 38.1 Å². The molecule has 3 rings (SSSR count). The third-order valence-corrected chi connectivity index (χ3v) is 5.22. The van der Waals surface area contributed by atoms with Crippen molar-refractivity contribution in [2.75, 3.05) is 30.3 Å². The van der Waals surface area contributed by atoms with Gasteiger partial charge in [-0.15, -0.1) is 0 Å². The number of aryl methyl sites for hydroxylation is 1. The van der Waals surface area contributed by atoms with Crippen molar-refractivity contribution in [1.29, 1.82) is 0 Å². The van der Waals surface area contributed by atoms with Crippen molar-refractivity contribution in [3.8, 4) is 0 Å². The monoisotopic (exact) mass is 414 g/mol. The SMILES string of the molecule is CCCN(CC(=O)Nc1nc2ccc(F)cc2s1)CC(=O)Nc1ccccc1C. The number of carbonyl (C=O) groups is 2. The zero-order valence-electron chi connectivity index (χ0n) is 16.4. The molecule has 2 amide bonds. The van der Waals surface area contributed by atoms with Gasteiger partial charge in [-0.05, 0) is 49.7 Å². The minimum atomic E-state index is -0.340. The van der Waals surface area contributed by atoms with Crippen molar-refractivity contribution in [3.63, 3.8) is 0 Å². The Hall–Kier alpha value is -2.84. The summed E-state index contributed by atoms with van der Waals surface area (Å²) in [5.41, 5.74) is 2.38. The molecule has 1 heterocycles. The molecule has 0 radical (unpaired) electrons. The topological polar surface area (TPSA) is 74.3 Å². The Morgan fingerprint density at radius 2 is 1.83 bits per heavy atom. The first-order valence-electron chi connectivity index (χ1n) is 9.38. The Labute approximate surface area is 172 Å². The molecule has 0 aliphatic carbocycles. The fourth-order valence-electron chi connectivity index (χ4n) is 2.95. The summed E-state index contributed by atoms with van der Waals surface area (Å²) in [6.45, 7) is 4.71. The summed E-state index contributed by atoms with van der Waals surface area (Å²) < 4.78 is 14.0. The molecule has 6 nitrogen and oxygen atoms in total. The first-order chi connectivity index (χ1) is 13.9. The van der Waals surface area contributed by atoms with Crippen molar-refractivity contribution in [2.45, 2.75) is 20.3 Å². The predicted octanol–water partition coefficient (Wildman–Crippen LogP) is 4.03. The second-order valence-corrected chi connectivity index (χ2v) is 7.78. The highest BCUT2D eigenvalue weighted by molar-refractivity contribution is 7.22. The van der Waals surface area contributed by atoms with Gasteiger partial charge in [0.05, 0.1) is 23.3 Å². The second kappa shape index (κ2) is 9.58. The van der Waals surface area contributed by atoms with Crippen LogP contribution in [0.25, 0.3) is 10.2 Å². The first kappa shape index (κ1) is 20.9. The minimum Gasteiger partial charge on any atom is -0.325 e. The second-order valence-electron chi connectivity index (χ2n) is 6.75. The molecule has 2 N–H and O–H groups in total. The van der Waals surface area contributed by atoms with Crippen LogP contribution in [0.1, 0.15) is 18.9 Å². The highest BCUT2D eigenvalue weighted by Crippen LogP contribution is 2.26. The predicted molar refractivity (Wildman–Crippen MR) is 115 cm³/mol. The van der Waals surface area contributed by atoms with Crippen LogP contribution in [0, 0.1) is 12.7 Å². The van der Waals surface area contributed by atoms with Crippen LogP contribution >= 0.6 is 11.3 Å². The highest BCUT2D eigenvalue weighted by Gasteiger charge is 2.16. The Bertz CT molecular complexity index is 1020. The number of hydrogen-bond donors (Lipinski definition) is 2. The quantitative estimate of drug-likeness (QED) is 0.584. The number of nitrogens with zero attached hydrogens (tertiary/aromatic N) is 2. The van der Waals surface area contributed by atoms with Gasteiger partial charge in [0.1, 0.15) is 5.82 Å². The molecule has 1 aromatic heterocycles. The number of hydrogen-bond acceptors (Lipinski definition) is 5. The molecular weight excluding hydrogens is 391 g/mol. The lowest BCUT2D eigenvalue weighted by Gasteiger charge is -2.20. The fourth-order valence-corrected chi connectivity index (χ4v) is 3.86. The molecule has 152 valence electrons. The molecule has 0 saturated carbocycles. The number of halogens is 1. The van der Waals surface area contributed by atoms with E-state index >= 15 is 0 Å². The Morgan fingerprint density at radius 1 is 1.10 bits per heavy atom. The lowest BCUT2D eigenvalue weighted by atomic mass is 10.2. The molecule has 0 aliphatic rings. The van der Waals surface area contributed by atoms with E-state index in [4.69, 9.17) is 0 Å². The number of rotatable bonds is 8. The van der Waals surface area contributed by atoms with E-state index in [2.05, 4.69) is 15.6 Å². The van der Waals surface area contributed by atoms with Gasteiger partial charge in [0.15, 0.2) is 5.13 Å². The van der Waals surface area contributed by atoms with E-state index in [0.717, 1.165) is 17.7 Å². The van der Waals surface area contributed by atoms with E-state index in [9.17, 15) is 14.0 Å². The van der Waals surface area contributed by atoms with Gasteiger partial charge in [-0.3, -0.25) is 14.5 Å². The van der Waals surface area contributed by atoms with E-state index in [1.54, 1.807) is 11.0 Å². The molecule has 2 aromatic carbocycles. The Kier molecular flexibility index (Phi) is 6.90. The standard InChI is InChI=1S/C21H23FN4O2S/c1-3-10-26(12-19(27)23-16-7-5-4-6-14(16)2)13-20(28)25-21-24-17-9-8-15(22)11-18(17)29-21/h4-9,11H,3,10,12-13H2,1-2H3,(H,23,27)(H,24,25,28). The number of para-hydroxylation sites is 1. The summed E-state index contributed by atoms with van der Waals surface area (Å²) in [6.07, 6.45) is 0.811. The number of aromatic nitrogens is 1. The number of fused-ring (bicyclic) bond motifs is 1. The lowest BCUT2D eigenvalue weighted by Crippen LogP contribution is -2.39. The van der Waals surface area contributed by atoms with Gasteiger partial charge in [0.25, 0.3) is 0 Å². The minimum absolute atomic E-state index is 0.0688. The van der Waals surface area contributed by atoms with Crippen LogP contribution in [0.2, 0.25) is 0 Å². The maximum Gasteiger partial charge on any atom is 0.240 e. The van der Waals surface area contributed by atoms with Gasteiger partial charge in [0.2, 0.25) is 11.8 Å². The normalized spacial score (nSPS) is 11.0. The van der Waals surface area contributed by atoms with Crippen LogP contribution in [-0.2, 0) is 9.59 Å². The average molecular weight is 415 g/mol. The summed E-state index contributed by atoms with van der Waals surface area (Å²) in [6, 6.07) is 11.9. The summed E-state index contributed by atoms with van der Waals surface area (Å²) in [7, 11) is 0. The Morgan fingerprint density at radius 3 is 2.55 bits per heavy atom. The molecule has 0 aliphatic heterocycles. The summed E-state index contributed by atoms with van der Waals surface area (Å²) in [4.78, 5) is 30.9. The van der Waals surface area contributed by atoms with Crippen molar-refractivity contribution in [2.24, 2.45) is 0 Å². The van der Waals surface area contributed by atoms with Crippen LogP contribution in [0.3, 0.4) is 0 Å². The van der Waals surface area contributed by atoms with Crippen molar-refractivity contribution in [1.82, 2.24) is 9.88 Å². The number of amides is 2. The number of benzene rings is 2. The van der Waals surface area contributed by atoms with Gasteiger partial charge >= 0.3 is 0 Å². The third kappa shape index (κ3) is 5.82. The van der Waals surface area contributed by atoms with Gasteiger partial charge in [-0.1, -0.05) is 36.5 Å². The zero-order valence-corrected chi connectivity index (χ0v) is 17.2. The molecule has 0 saturated heterocycles. The summed E-state index contributed by atoms with van der Waals surface area (Å²) in [5.74, 6) is -0.773. The number of nitrogens with one attached hydrogen (secondary N) is 2. The van der Waals surface area contributed by atoms with E-state index in [-0.39, 0.29) is 30.7 Å². The molecular formula is C21H23FN4O2S. The molecule has 0 bridgehead atoms. The molecule has 29 heavy (non-hydrogen) atoms. The number of anilines is 2. The molecule has 0 atom stereocenters. The summed E-state index contributed by atoms with van der Waals surface area (Å²) >= 11 is 1.22. The van der Waals surface area contributed by atoms with Gasteiger partial charge in [-0.2, -0.15) is 0 Å². The smallest absolute Gasteiger partial charge is 0.240 e. The molecule has 8 heteroatoms. The number of thiazole rings is 1. The Balaban J connectivity index is 1.59. The van der Waals surface area contributed by atoms with E-state index in [1.165, 1.54) is 23.5 Å². The van der Waals surface area contributed by atoms with Crippen molar-refractivity contribution >= 4 is 44.2 Å². The average Bonchev–Trinajstić information content (AvgIpc) is 3.04. The molecule has 0 fully saturated rings. The first-order valence-corrected chi connectivity index (χ1v) is 10.2. The van der Waals surface area contributed by atoms with Crippen LogP contribution in [-0.4, -0.2) is 41.3 Å². The van der Waals surface area contributed by atoms with Crippen molar-refractivity contribution < 1.29 is 14.0 Å². The largest absolute Gasteiger partial charge is 0.325 e. The molecule has 0 spiro atoms. The van der Waals surface area contributed by atoms with Crippen molar-refractivity contribution in [3.05, 3.63) is 53.8 Å². The van der Waals surface area contributed by atoms with Gasteiger partial charge in [0, 0.05) is 5.69 Å². The van der Waals surface area contributed by atoms with Crippen LogP contribution < -0.4 is 10.6 Å². The highest BCUT2D eigenvalue weighted by atomic mass is 32.1. The maximum absolute atomic E-state index is 13.3. The number of carbonyl (C=O) groups excluding carboxylic acids is 2. The zero-order chi connectivity index (χ0) is 20.8. The molecule has 0 unspecified atom stereocenters. The molecule has 3 aromatic rings. The third-order valence-electron chi connectivity index (χ3n) is 4.29.